The molecule has 0 aliphatic carbocycles. The highest BCUT2D eigenvalue weighted by molar-refractivity contribution is 5.82. The Morgan fingerprint density at radius 1 is 1.06 bits per heavy atom. The minimum atomic E-state index is -1.20. The molecule has 2 aromatic rings. The molecule has 0 spiro atoms. The molecular weight excluding hydrogens is 444 g/mol. The van der Waals surface area contributed by atoms with E-state index in [9.17, 15) is 14.4 Å². The van der Waals surface area contributed by atoms with Gasteiger partial charge in [-0.15, -0.1) is 0 Å². The van der Waals surface area contributed by atoms with Crippen LogP contribution in [0, 0.1) is 0 Å². The van der Waals surface area contributed by atoms with E-state index >= 15 is 0 Å². The lowest BCUT2D eigenvalue weighted by Crippen LogP contribution is -2.40. The SMILES string of the molecule is CC(=O)OC[C@H]1O[C@@H](n2cnc3c(N=[N+]=[N-])nc(N=[N+]=[N-])nc32)[C@H](OC(C)=O)[C@@H]1OC(C)=O. The number of hydrogen-bond donors (Lipinski definition) is 0. The normalized spacial score (nSPS) is 21.5. The van der Waals surface area contributed by atoms with Gasteiger partial charge in [-0.1, -0.05) is 0 Å². The quantitative estimate of drug-likeness (QED) is 0.192. The highest BCUT2D eigenvalue weighted by Crippen LogP contribution is 2.37. The first-order valence-corrected chi connectivity index (χ1v) is 9.23. The van der Waals surface area contributed by atoms with Crippen molar-refractivity contribution in [3.05, 3.63) is 27.2 Å². The summed E-state index contributed by atoms with van der Waals surface area (Å²) < 4.78 is 22.9. The number of aromatic nitrogens is 4. The second kappa shape index (κ2) is 9.78. The van der Waals surface area contributed by atoms with Gasteiger partial charge in [-0.05, 0) is 21.3 Å². The third-order valence-corrected chi connectivity index (χ3v) is 4.28. The van der Waals surface area contributed by atoms with Crippen LogP contribution in [0.2, 0.25) is 0 Å². The highest BCUT2D eigenvalue weighted by Gasteiger charge is 2.51. The molecule has 0 N–H and O–H groups in total. The molecule has 4 atom stereocenters. The van der Waals surface area contributed by atoms with E-state index in [0.29, 0.717) is 0 Å². The van der Waals surface area contributed by atoms with Gasteiger partial charge in [-0.2, -0.15) is 0 Å². The monoisotopic (exact) mass is 460 g/mol. The molecule has 1 fully saturated rings. The molecule has 17 nitrogen and oxygen atoms in total. The summed E-state index contributed by atoms with van der Waals surface area (Å²) in [5.41, 5.74) is 17.6. The Morgan fingerprint density at radius 3 is 2.33 bits per heavy atom. The maximum absolute atomic E-state index is 11.8. The Labute approximate surface area is 183 Å². The Morgan fingerprint density at radius 2 is 1.73 bits per heavy atom. The minimum absolute atomic E-state index is 0.00617. The van der Waals surface area contributed by atoms with E-state index in [2.05, 4.69) is 35.0 Å². The van der Waals surface area contributed by atoms with Gasteiger partial charge in [0.05, 0.1) is 6.33 Å². The van der Waals surface area contributed by atoms with Crippen LogP contribution in [0.5, 0.6) is 0 Å². The fourth-order valence-electron chi connectivity index (χ4n) is 3.19. The van der Waals surface area contributed by atoms with Gasteiger partial charge in [0, 0.05) is 30.6 Å². The average Bonchev–Trinajstić information content (AvgIpc) is 3.28. The van der Waals surface area contributed by atoms with Crippen molar-refractivity contribution in [3.63, 3.8) is 0 Å². The zero-order valence-electron chi connectivity index (χ0n) is 17.4. The molecule has 2 aromatic heterocycles. The molecule has 0 unspecified atom stereocenters. The van der Waals surface area contributed by atoms with E-state index in [1.165, 1.54) is 17.8 Å². The van der Waals surface area contributed by atoms with E-state index < -0.39 is 42.4 Å². The predicted octanol–water partition coefficient (Wildman–Crippen LogP) is 2.03. The fourth-order valence-corrected chi connectivity index (χ4v) is 3.19. The van der Waals surface area contributed by atoms with Crippen molar-refractivity contribution in [2.75, 3.05) is 6.61 Å². The summed E-state index contributed by atoms with van der Waals surface area (Å²) in [5, 5.41) is 6.73. The summed E-state index contributed by atoms with van der Waals surface area (Å²) in [6, 6.07) is 0. The molecule has 3 rings (SSSR count). The van der Waals surface area contributed by atoms with Gasteiger partial charge in [0.25, 0.3) is 0 Å². The van der Waals surface area contributed by atoms with Crippen LogP contribution in [0.1, 0.15) is 27.0 Å². The smallest absolute Gasteiger partial charge is 0.303 e. The first kappa shape index (κ1) is 23.2. The Hall–Kier alpha value is -4.46. The largest absolute Gasteiger partial charge is 0.463 e. The third kappa shape index (κ3) is 5.07. The summed E-state index contributed by atoms with van der Waals surface area (Å²) in [4.78, 5) is 52.1. The minimum Gasteiger partial charge on any atom is -0.463 e. The first-order valence-electron chi connectivity index (χ1n) is 9.23. The van der Waals surface area contributed by atoms with Crippen LogP contribution in [-0.2, 0) is 33.3 Å². The average molecular weight is 460 g/mol. The zero-order chi connectivity index (χ0) is 24.1. The molecule has 0 saturated carbocycles. The number of fused-ring (bicyclic) bond motifs is 1. The number of esters is 3. The van der Waals surface area contributed by atoms with Crippen LogP contribution in [0.15, 0.2) is 16.6 Å². The summed E-state index contributed by atoms with van der Waals surface area (Å²) in [7, 11) is 0. The molecule has 1 saturated heterocycles. The molecule has 1 aliphatic heterocycles. The summed E-state index contributed by atoms with van der Waals surface area (Å²) in [5.74, 6) is -2.60. The van der Waals surface area contributed by atoms with Crippen molar-refractivity contribution < 1.29 is 33.3 Å². The lowest BCUT2D eigenvalue weighted by atomic mass is 10.1. The van der Waals surface area contributed by atoms with Crippen molar-refractivity contribution >= 4 is 40.8 Å². The maximum Gasteiger partial charge on any atom is 0.303 e. The Balaban J connectivity index is 2.14. The van der Waals surface area contributed by atoms with Gasteiger partial charge < -0.3 is 18.9 Å². The van der Waals surface area contributed by atoms with Gasteiger partial charge in [-0.3, -0.25) is 19.0 Å². The fraction of sp³-hybridized carbons (Fsp3) is 0.500. The molecule has 17 heteroatoms. The highest BCUT2D eigenvalue weighted by atomic mass is 16.7. The number of rotatable bonds is 7. The molecule has 33 heavy (non-hydrogen) atoms. The zero-order valence-corrected chi connectivity index (χ0v) is 17.4. The number of ether oxygens (including phenoxy) is 4. The number of nitrogens with zero attached hydrogens (tertiary/aromatic N) is 10. The molecule has 0 aromatic carbocycles. The van der Waals surface area contributed by atoms with E-state index in [0.717, 1.165) is 13.8 Å². The van der Waals surface area contributed by atoms with Gasteiger partial charge in [0.2, 0.25) is 5.95 Å². The van der Waals surface area contributed by atoms with Gasteiger partial charge in [0.15, 0.2) is 29.9 Å². The number of carbonyl (C=O) groups is 3. The van der Waals surface area contributed by atoms with Crippen LogP contribution < -0.4 is 0 Å². The van der Waals surface area contributed by atoms with Crippen LogP contribution in [-0.4, -0.2) is 62.3 Å². The lowest BCUT2D eigenvalue weighted by molar-refractivity contribution is -0.166. The third-order valence-electron chi connectivity index (χ3n) is 4.28. The van der Waals surface area contributed by atoms with Crippen LogP contribution >= 0.6 is 0 Å². The van der Waals surface area contributed by atoms with Crippen molar-refractivity contribution in [1.29, 1.82) is 0 Å². The van der Waals surface area contributed by atoms with Gasteiger partial charge >= 0.3 is 17.9 Å². The number of hydrogen-bond acceptors (Lipinski definition) is 12. The Kier molecular flexibility index (Phi) is 6.88. The van der Waals surface area contributed by atoms with E-state index in [1.807, 2.05) is 0 Å². The number of imidazole rings is 1. The molecular formula is C16H16N10O7. The van der Waals surface area contributed by atoms with E-state index in [4.69, 9.17) is 30.0 Å². The first-order chi connectivity index (χ1) is 15.7. The predicted molar refractivity (Wildman–Crippen MR) is 105 cm³/mol. The molecule has 0 amide bonds. The summed E-state index contributed by atoms with van der Waals surface area (Å²) in [6.07, 6.45) is -3.31. The van der Waals surface area contributed by atoms with Crippen LogP contribution in [0.4, 0.5) is 11.8 Å². The van der Waals surface area contributed by atoms with Crippen LogP contribution in [0.3, 0.4) is 0 Å². The molecule has 1 aliphatic rings. The summed E-state index contributed by atoms with van der Waals surface area (Å²) in [6.45, 7) is 3.18. The van der Waals surface area contributed by atoms with Gasteiger partial charge in [0.1, 0.15) is 18.2 Å². The number of carbonyl (C=O) groups excluding carboxylic acids is 3. The van der Waals surface area contributed by atoms with Crippen molar-refractivity contribution in [1.82, 2.24) is 19.5 Å². The van der Waals surface area contributed by atoms with E-state index in [1.54, 1.807) is 0 Å². The molecule has 0 bridgehead atoms. The molecule has 0 radical (unpaired) electrons. The maximum atomic E-state index is 11.8. The summed E-state index contributed by atoms with van der Waals surface area (Å²) >= 11 is 0. The van der Waals surface area contributed by atoms with Crippen molar-refractivity contribution in [3.8, 4) is 0 Å². The molecule has 3 heterocycles. The topological polar surface area (TPSA) is 229 Å². The van der Waals surface area contributed by atoms with Crippen molar-refractivity contribution in [2.45, 2.75) is 45.3 Å². The standard InChI is InChI=1S/C16H16N10O7/c1-6(27)30-4-9-11(31-7(2)28)12(32-8(3)29)15(33-9)26-5-19-10-13(22-24-17)20-16(23-25-18)21-14(10)26/h5,9,11-12,15H,4H2,1-3H3/t9-,11-,12-,15-/m1/s1. The van der Waals surface area contributed by atoms with Gasteiger partial charge in [-0.25, -0.2) is 15.0 Å². The number of azide groups is 2. The second-order valence-electron chi connectivity index (χ2n) is 6.57. The van der Waals surface area contributed by atoms with E-state index in [-0.39, 0.29) is 29.5 Å². The second-order valence-corrected chi connectivity index (χ2v) is 6.57. The van der Waals surface area contributed by atoms with Crippen molar-refractivity contribution in [2.24, 2.45) is 10.2 Å². The Bertz CT molecular complexity index is 1200. The van der Waals surface area contributed by atoms with Crippen LogP contribution in [0.25, 0.3) is 32.0 Å². The molecule has 172 valence electrons. The lowest BCUT2D eigenvalue weighted by Gasteiger charge is -2.23.